The van der Waals surface area contributed by atoms with Crippen LogP contribution in [0.5, 0.6) is 0 Å². The summed E-state index contributed by atoms with van der Waals surface area (Å²) >= 11 is 0. The third-order valence-corrected chi connectivity index (χ3v) is 3.21. The molecule has 3 nitrogen and oxygen atoms in total. The number of para-hydroxylation sites is 1. The molecule has 0 saturated carbocycles. The number of methoxy groups -OCH3 is 1. The monoisotopic (exact) mass is 269 g/mol. The van der Waals surface area contributed by atoms with E-state index in [0.717, 1.165) is 29.9 Å². The quantitative estimate of drug-likeness (QED) is 0.766. The van der Waals surface area contributed by atoms with Crippen molar-refractivity contribution in [2.45, 2.75) is 12.8 Å². The Labute approximate surface area is 119 Å². The molecular weight excluding hydrogens is 250 g/mol. The molecule has 0 radical (unpaired) electrons. The van der Waals surface area contributed by atoms with E-state index >= 15 is 0 Å². The van der Waals surface area contributed by atoms with E-state index in [1.54, 1.807) is 18.1 Å². The number of nitrogens with zero attached hydrogens (tertiary/aromatic N) is 1. The molecule has 0 spiro atoms. The molecule has 1 aliphatic rings. The Balaban J connectivity index is 2.26. The second kappa shape index (κ2) is 6.75. The first-order valence-electron chi connectivity index (χ1n) is 6.68. The first kappa shape index (κ1) is 14.1. The Hall–Kier alpha value is -2.29. The molecule has 0 heterocycles. The van der Waals surface area contributed by atoms with Gasteiger partial charge in [0, 0.05) is 17.8 Å². The fraction of sp³-hybridized carbons (Fsp3) is 0.235. The van der Waals surface area contributed by atoms with Crippen LogP contribution in [0.4, 0.5) is 5.69 Å². The van der Waals surface area contributed by atoms with E-state index in [4.69, 9.17) is 4.74 Å². The number of hydrogen-bond acceptors (Lipinski definition) is 2. The van der Waals surface area contributed by atoms with Crippen LogP contribution < -0.4 is 4.90 Å². The summed E-state index contributed by atoms with van der Waals surface area (Å²) in [6, 6.07) is 9.64. The van der Waals surface area contributed by atoms with Gasteiger partial charge in [-0.15, -0.1) is 6.58 Å². The molecule has 0 unspecified atom stereocenters. The SMILES string of the molecule is C=CCN(C(=O)C1=CC(OC)=CCC1)c1ccccc1. The molecule has 104 valence electrons. The molecule has 0 aromatic heterocycles. The number of amides is 1. The minimum Gasteiger partial charge on any atom is -0.497 e. The molecule has 0 fully saturated rings. The van der Waals surface area contributed by atoms with Gasteiger partial charge in [0.25, 0.3) is 5.91 Å². The van der Waals surface area contributed by atoms with Crippen LogP contribution in [0.25, 0.3) is 0 Å². The lowest BCUT2D eigenvalue weighted by Crippen LogP contribution is -2.32. The number of allylic oxidation sites excluding steroid dienone is 2. The summed E-state index contributed by atoms with van der Waals surface area (Å²) in [7, 11) is 1.62. The molecule has 20 heavy (non-hydrogen) atoms. The number of carbonyl (C=O) groups excluding carboxylic acids is 1. The lowest BCUT2D eigenvalue weighted by molar-refractivity contribution is -0.115. The fourth-order valence-corrected chi connectivity index (χ4v) is 2.20. The zero-order valence-corrected chi connectivity index (χ0v) is 11.7. The highest BCUT2D eigenvalue weighted by molar-refractivity contribution is 6.06. The second-order valence-corrected chi connectivity index (χ2v) is 4.56. The molecule has 0 aliphatic heterocycles. The second-order valence-electron chi connectivity index (χ2n) is 4.56. The normalized spacial score (nSPS) is 14.1. The highest BCUT2D eigenvalue weighted by atomic mass is 16.5. The molecule has 1 aromatic carbocycles. The third kappa shape index (κ3) is 3.18. The van der Waals surface area contributed by atoms with E-state index in [1.807, 2.05) is 42.5 Å². The van der Waals surface area contributed by atoms with Gasteiger partial charge >= 0.3 is 0 Å². The molecule has 1 aromatic rings. The standard InChI is InChI=1S/C17H19NO2/c1-3-12-18(15-9-5-4-6-10-15)17(19)14-8-7-11-16(13-14)20-2/h3-6,9-11,13H,1,7-8,12H2,2H3. The lowest BCUT2D eigenvalue weighted by Gasteiger charge is -2.24. The van der Waals surface area contributed by atoms with Gasteiger partial charge in [-0.05, 0) is 37.1 Å². The van der Waals surface area contributed by atoms with Gasteiger partial charge in [-0.25, -0.2) is 0 Å². The van der Waals surface area contributed by atoms with E-state index in [9.17, 15) is 4.79 Å². The van der Waals surface area contributed by atoms with Crippen LogP contribution in [-0.4, -0.2) is 19.6 Å². The maximum absolute atomic E-state index is 12.7. The highest BCUT2D eigenvalue weighted by Gasteiger charge is 2.20. The predicted molar refractivity (Wildman–Crippen MR) is 81.4 cm³/mol. The van der Waals surface area contributed by atoms with Crippen LogP contribution in [0, 0.1) is 0 Å². The maximum atomic E-state index is 12.7. The van der Waals surface area contributed by atoms with Crippen LogP contribution in [0.1, 0.15) is 12.8 Å². The average molecular weight is 269 g/mol. The fourth-order valence-electron chi connectivity index (χ4n) is 2.20. The predicted octanol–water partition coefficient (Wildman–Crippen LogP) is 3.46. The Morgan fingerprint density at radius 2 is 2.15 bits per heavy atom. The van der Waals surface area contributed by atoms with Crippen molar-refractivity contribution in [3.8, 4) is 0 Å². The van der Waals surface area contributed by atoms with Gasteiger partial charge in [-0.3, -0.25) is 4.79 Å². The van der Waals surface area contributed by atoms with Gasteiger partial charge < -0.3 is 9.64 Å². The van der Waals surface area contributed by atoms with Crippen molar-refractivity contribution >= 4 is 11.6 Å². The Morgan fingerprint density at radius 1 is 1.40 bits per heavy atom. The van der Waals surface area contributed by atoms with Gasteiger partial charge in [-0.2, -0.15) is 0 Å². The first-order chi connectivity index (χ1) is 9.76. The minimum absolute atomic E-state index is 0.0127. The number of benzene rings is 1. The van der Waals surface area contributed by atoms with Crippen LogP contribution >= 0.6 is 0 Å². The summed E-state index contributed by atoms with van der Waals surface area (Å²) in [5.41, 5.74) is 1.65. The summed E-state index contributed by atoms with van der Waals surface area (Å²) in [4.78, 5) is 14.4. The van der Waals surface area contributed by atoms with Gasteiger partial charge in [0.1, 0.15) is 5.76 Å². The summed E-state index contributed by atoms with van der Waals surface area (Å²) in [6.07, 6.45) is 7.13. The molecule has 0 bridgehead atoms. The lowest BCUT2D eigenvalue weighted by atomic mass is 10.0. The molecule has 2 rings (SSSR count). The Kier molecular flexibility index (Phi) is 4.77. The Bertz CT molecular complexity index is 543. The van der Waals surface area contributed by atoms with Crippen molar-refractivity contribution in [2.75, 3.05) is 18.6 Å². The van der Waals surface area contributed by atoms with Crippen molar-refractivity contribution in [1.29, 1.82) is 0 Å². The van der Waals surface area contributed by atoms with Crippen molar-refractivity contribution in [2.24, 2.45) is 0 Å². The van der Waals surface area contributed by atoms with Crippen LogP contribution in [-0.2, 0) is 9.53 Å². The number of anilines is 1. The largest absolute Gasteiger partial charge is 0.497 e. The summed E-state index contributed by atoms with van der Waals surface area (Å²) in [5.74, 6) is 0.768. The van der Waals surface area contributed by atoms with Crippen molar-refractivity contribution < 1.29 is 9.53 Å². The smallest absolute Gasteiger partial charge is 0.254 e. The van der Waals surface area contributed by atoms with E-state index in [-0.39, 0.29) is 5.91 Å². The van der Waals surface area contributed by atoms with E-state index in [0.29, 0.717) is 6.54 Å². The van der Waals surface area contributed by atoms with Gasteiger partial charge in [0.05, 0.1) is 7.11 Å². The van der Waals surface area contributed by atoms with Crippen LogP contribution in [0.2, 0.25) is 0 Å². The molecular formula is C17H19NO2. The topological polar surface area (TPSA) is 29.5 Å². The minimum atomic E-state index is 0.0127. The third-order valence-electron chi connectivity index (χ3n) is 3.21. The maximum Gasteiger partial charge on any atom is 0.254 e. The molecule has 0 saturated heterocycles. The first-order valence-corrected chi connectivity index (χ1v) is 6.68. The van der Waals surface area contributed by atoms with Crippen LogP contribution in [0.15, 0.2) is 66.5 Å². The van der Waals surface area contributed by atoms with Crippen molar-refractivity contribution in [3.05, 3.63) is 66.5 Å². The summed E-state index contributed by atoms with van der Waals surface area (Å²) in [5, 5.41) is 0. The average Bonchev–Trinajstić information content (AvgIpc) is 2.53. The van der Waals surface area contributed by atoms with Crippen molar-refractivity contribution in [3.63, 3.8) is 0 Å². The van der Waals surface area contributed by atoms with E-state index in [2.05, 4.69) is 6.58 Å². The molecule has 1 amide bonds. The molecule has 3 heteroatoms. The van der Waals surface area contributed by atoms with Crippen LogP contribution in [0.3, 0.4) is 0 Å². The zero-order chi connectivity index (χ0) is 14.4. The Morgan fingerprint density at radius 3 is 2.80 bits per heavy atom. The number of hydrogen-bond donors (Lipinski definition) is 0. The van der Waals surface area contributed by atoms with Gasteiger partial charge in [0.15, 0.2) is 0 Å². The molecule has 0 atom stereocenters. The number of rotatable bonds is 5. The zero-order valence-electron chi connectivity index (χ0n) is 11.7. The molecule has 0 N–H and O–H groups in total. The van der Waals surface area contributed by atoms with Gasteiger partial charge in [0.2, 0.25) is 0 Å². The summed E-state index contributed by atoms with van der Waals surface area (Å²) < 4.78 is 5.21. The number of ether oxygens (including phenoxy) is 1. The van der Waals surface area contributed by atoms with Crippen molar-refractivity contribution in [1.82, 2.24) is 0 Å². The number of carbonyl (C=O) groups is 1. The summed E-state index contributed by atoms with van der Waals surface area (Å²) in [6.45, 7) is 4.23. The van der Waals surface area contributed by atoms with E-state index in [1.165, 1.54) is 0 Å². The molecule has 1 aliphatic carbocycles. The highest BCUT2D eigenvalue weighted by Crippen LogP contribution is 2.23. The van der Waals surface area contributed by atoms with Gasteiger partial charge in [-0.1, -0.05) is 24.3 Å². The van der Waals surface area contributed by atoms with E-state index < -0.39 is 0 Å².